The molecule has 2 heterocycles. The first-order valence-corrected chi connectivity index (χ1v) is 4.67. The average molecular weight is 235 g/mol. The SMILES string of the molecule is Brc1ccc(-c2cccnc2)nc1. The molecule has 0 aliphatic rings. The van der Waals surface area contributed by atoms with Gasteiger partial charge in [0.05, 0.1) is 5.69 Å². The Labute approximate surface area is 84.8 Å². The van der Waals surface area contributed by atoms with Crippen molar-refractivity contribution < 1.29 is 0 Å². The molecule has 0 atom stereocenters. The number of halogens is 1. The zero-order chi connectivity index (χ0) is 9.10. The fourth-order valence-corrected chi connectivity index (χ4v) is 1.30. The van der Waals surface area contributed by atoms with E-state index < -0.39 is 0 Å². The van der Waals surface area contributed by atoms with Gasteiger partial charge in [-0.2, -0.15) is 0 Å². The second-order valence-electron chi connectivity index (χ2n) is 2.60. The van der Waals surface area contributed by atoms with Crippen molar-refractivity contribution in [1.82, 2.24) is 9.97 Å². The lowest BCUT2D eigenvalue weighted by molar-refractivity contribution is 1.27. The van der Waals surface area contributed by atoms with Gasteiger partial charge >= 0.3 is 0 Å². The van der Waals surface area contributed by atoms with E-state index in [0.29, 0.717) is 0 Å². The summed E-state index contributed by atoms with van der Waals surface area (Å²) in [6.07, 6.45) is 5.33. The number of hydrogen-bond acceptors (Lipinski definition) is 2. The van der Waals surface area contributed by atoms with Crippen LogP contribution in [0.5, 0.6) is 0 Å². The van der Waals surface area contributed by atoms with Crippen molar-refractivity contribution in [1.29, 1.82) is 0 Å². The summed E-state index contributed by atoms with van der Waals surface area (Å²) in [5.74, 6) is 0. The fourth-order valence-electron chi connectivity index (χ4n) is 1.06. The fraction of sp³-hybridized carbons (Fsp3) is 0. The van der Waals surface area contributed by atoms with Crippen LogP contribution in [0, 0.1) is 0 Å². The van der Waals surface area contributed by atoms with Crippen LogP contribution in [0.2, 0.25) is 0 Å². The minimum Gasteiger partial charge on any atom is -0.264 e. The predicted molar refractivity (Wildman–Crippen MR) is 55.2 cm³/mol. The average Bonchev–Trinajstić information content (AvgIpc) is 2.20. The third-order valence-electron chi connectivity index (χ3n) is 1.68. The topological polar surface area (TPSA) is 25.8 Å². The molecule has 0 amide bonds. The van der Waals surface area contributed by atoms with E-state index in [2.05, 4.69) is 25.9 Å². The molecule has 0 saturated carbocycles. The molecule has 0 N–H and O–H groups in total. The van der Waals surface area contributed by atoms with Gasteiger partial charge in [0.25, 0.3) is 0 Å². The maximum atomic E-state index is 4.26. The zero-order valence-electron chi connectivity index (χ0n) is 6.81. The summed E-state index contributed by atoms with van der Waals surface area (Å²) in [5.41, 5.74) is 1.98. The molecule has 2 aromatic rings. The molecule has 2 nitrogen and oxygen atoms in total. The van der Waals surface area contributed by atoms with Crippen molar-refractivity contribution in [2.45, 2.75) is 0 Å². The number of pyridine rings is 2. The van der Waals surface area contributed by atoms with Crippen LogP contribution in [0.25, 0.3) is 11.3 Å². The minimum absolute atomic E-state index is 0.941. The minimum atomic E-state index is 0.941. The van der Waals surface area contributed by atoms with Gasteiger partial charge in [-0.15, -0.1) is 0 Å². The van der Waals surface area contributed by atoms with Crippen LogP contribution in [0.15, 0.2) is 47.3 Å². The van der Waals surface area contributed by atoms with Crippen molar-refractivity contribution in [3.05, 3.63) is 47.3 Å². The van der Waals surface area contributed by atoms with Crippen molar-refractivity contribution in [2.24, 2.45) is 0 Å². The summed E-state index contributed by atoms with van der Waals surface area (Å²) < 4.78 is 0.986. The van der Waals surface area contributed by atoms with Crippen LogP contribution in [-0.2, 0) is 0 Å². The Kier molecular flexibility index (Phi) is 2.36. The molecule has 2 rings (SSSR count). The summed E-state index contributed by atoms with van der Waals surface area (Å²) >= 11 is 3.34. The van der Waals surface area contributed by atoms with Gasteiger partial charge < -0.3 is 0 Å². The molecule has 64 valence electrons. The monoisotopic (exact) mass is 234 g/mol. The molecular formula is C10H7BrN2. The van der Waals surface area contributed by atoms with Crippen molar-refractivity contribution in [2.75, 3.05) is 0 Å². The van der Waals surface area contributed by atoms with E-state index in [1.807, 2.05) is 24.3 Å². The number of aromatic nitrogens is 2. The highest BCUT2D eigenvalue weighted by molar-refractivity contribution is 9.10. The lowest BCUT2D eigenvalue weighted by Crippen LogP contribution is -1.82. The summed E-state index contributed by atoms with van der Waals surface area (Å²) in [4.78, 5) is 8.29. The summed E-state index contributed by atoms with van der Waals surface area (Å²) in [6.45, 7) is 0. The molecule has 0 bridgehead atoms. The third kappa shape index (κ3) is 1.92. The van der Waals surface area contributed by atoms with Gasteiger partial charge in [0.15, 0.2) is 0 Å². The quantitative estimate of drug-likeness (QED) is 0.759. The lowest BCUT2D eigenvalue weighted by Gasteiger charge is -1.98. The summed E-state index contributed by atoms with van der Waals surface area (Å²) in [7, 11) is 0. The second kappa shape index (κ2) is 3.66. The molecule has 0 fully saturated rings. The molecule has 0 aromatic carbocycles. The van der Waals surface area contributed by atoms with Crippen LogP contribution < -0.4 is 0 Å². The van der Waals surface area contributed by atoms with Crippen molar-refractivity contribution in [3.8, 4) is 11.3 Å². The Hall–Kier alpha value is -1.22. The molecule has 0 aliphatic carbocycles. The first-order valence-electron chi connectivity index (χ1n) is 3.88. The van der Waals surface area contributed by atoms with E-state index in [1.54, 1.807) is 18.6 Å². The third-order valence-corrected chi connectivity index (χ3v) is 2.15. The first-order chi connectivity index (χ1) is 6.36. The lowest BCUT2D eigenvalue weighted by atomic mass is 10.2. The van der Waals surface area contributed by atoms with Gasteiger partial charge in [-0.1, -0.05) is 0 Å². The van der Waals surface area contributed by atoms with Crippen LogP contribution in [0.4, 0.5) is 0 Å². The van der Waals surface area contributed by atoms with Crippen LogP contribution >= 0.6 is 15.9 Å². The van der Waals surface area contributed by atoms with Crippen LogP contribution in [-0.4, -0.2) is 9.97 Å². The highest BCUT2D eigenvalue weighted by atomic mass is 79.9. The van der Waals surface area contributed by atoms with Gasteiger partial charge in [-0.05, 0) is 40.2 Å². The van der Waals surface area contributed by atoms with Crippen LogP contribution in [0.1, 0.15) is 0 Å². The van der Waals surface area contributed by atoms with Gasteiger partial charge in [-0.25, -0.2) is 0 Å². The van der Waals surface area contributed by atoms with E-state index in [1.165, 1.54) is 0 Å². The van der Waals surface area contributed by atoms with E-state index in [0.717, 1.165) is 15.7 Å². The molecule has 0 spiro atoms. The second-order valence-corrected chi connectivity index (χ2v) is 3.52. The van der Waals surface area contributed by atoms with E-state index in [-0.39, 0.29) is 0 Å². The van der Waals surface area contributed by atoms with Gasteiger partial charge in [0.1, 0.15) is 0 Å². The highest BCUT2D eigenvalue weighted by Gasteiger charge is 1.96. The number of rotatable bonds is 1. The molecule has 0 unspecified atom stereocenters. The maximum Gasteiger partial charge on any atom is 0.0718 e. The number of nitrogens with zero attached hydrogens (tertiary/aromatic N) is 2. The molecular weight excluding hydrogens is 228 g/mol. The Morgan fingerprint density at radius 3 is 2.62 bits per heavy atom. The zero-order valence-corrected chi connectivity index (χ0v) is 8.40. The molecule has 2 aromatic heterocycles. The largest absolute Gasteiger partial charge is 0.264 e. The van der Waals surface area contributed by atoms with Crippen molar-refractivity contribution in [3.63, 3.8) is 0 Å². The number of hydrogen-bond donors (Lipinski definition) is 0. The summed E-state index contributed by atoms with van der Waals surface area (Å²) in [5, 5.41) is 0. The highest BCUT2D eigenvalue weighted by Crippen LogP contribution is 2.16. The van der Waals surface area contributed by atoms with Gasteiger partial charge in [0, 0.05) is 28.6 Å². The van der Waals surface area contributed by atoms with E-state index in [4.69, 9.17) is 0 Å². The molecule has 0 saturated heterocycles. The Morgan fingerprint density at radius 2 is 2.00 bits per heavy atom. The predicted octanol–water partition coefficient (Wildman–Crippen LogP) is 2.91. The summed E-state index contributed by atoms with van der Waals surface area (Å²) in [6, 6.07) is 7.82. The molecule has 13 heavy (non-hydrogen) atoms. The van der Waals surface area contributed by atoms with Crippen LogP contribution in [0.3, 0.4) is 0 Å². The Bertz CT molecular complexity index is 383. The Morgan fingerprint density at radius 1 is 1.08 bits per heavy atom. The normalized spacial score (nSPS) is 9.92. The van der Waals surface area contributed by atoms with E-state index in [9.17, 15) is 0 Å². The molecule has 0 radical (unpaired) electrons. The van der Waals surface area contributed by atoms with Crippen molar-refractivity contribution >= 4 is 15.9 Å². The van der Waals surface area contributed by atoms with E-state index >= 15 is 0 Å². The maximum absolute atomic E-state index is 4.26. The molecule has 3 heteroatoms. The first kappa shape index (κ1) is 8.38. The Balaban J connectivity index is 2.42. The molecule has 0 aliphatic heterocycles. The van der Waals surface area contributed by atoms with Gasteiger partial charge in [-0.3, -0.25) is 9.97 Å². The van der Waals surface area contributed by atoms with Gasteiger partial charge in [0.2, 0.25) is 0 Å². The standard InChI is InChI=1S/C10H7BrN2/c11-9-3-4-10(13-7-9)8-2-1-5-12-6-8/h1-7H. The smallest absolute Gasteiger partial charge is 0.0718 e.